The molecule has 0 fully saturated rings. The first kappa shape index (κ1) is 11.5. The highest BCUT2D eigenvalue weighted by Gasteiger charge is 2.20. The second-order valence-electron chi connectivity index (χ2n) is 5.23. The van der Waals surface area contributed by atoms with Crippen LogP contribution in [0.15, 0.2) is 18.2 Å². The Balaban J connectivity index is 2.16. The number of nitrogens with two attached hydrogens (primary N) is 1. The number of fused-ring (bicyclic) bond motifs is 1. The predicted octanol–water partition coefficient (Wildman–Crippen LogP) is 2.65. The number of hydrogen-bond donors (Lipinski definition) is 1. The predicted molar refractivity (Wildman–Crippen MR) is 73.4 cm³/mol. The number of aromatic nitrogens is 2. The summed E-state index contributed by atoms with van der Waals surface area (Å²) < 4.78 is 1.94. The normalized spacial score (nSPS) is 18.1. The van der Waals surface area contributed by atoms with E-state index >= 15 is 0 Å². The molecule has 3 heteroatoms. The van der Waals surface area contributed by atoms with Crippen LogP contribution < -0.4 is 5.73 Å². The van der Waals surface area contributed by atoms with Gasteiger partial charge in [-0.25, -0.2) is 0 Å². The van der Waals surface area contributed by atoms with Gasteiger partial charge in [0.25, 0.3) is 0 Å². The maximum atomic E-state index is 6.15. The fourth-order valence-corrected chi connectivity index (χ4v) is 2.98. The Morgan fingerprint density at radius 3 is 2.78 bits per heavy atom. The zero-order valence-corrected chi connectivity index (χ0v) is 11.2. The van der Waals surface area contributed by atoms with Gasteiger partial charge < -0.3 is 5.73 Å². The van der Waals surface area contributed by atoms with E-state index in [2.05, 4.69) is 37.1 Å². The lowest BCUT2D eigenvalue weighted by atomic mass is 9.98. The van der Waals surface area contributed by atoms with Gasteiger partial charge in [-0.1, -0.05) is 12.1 Å². The lowest BCUT2D eigenvalue weighted by Gasteiger charge is -2.08. The Kier molecular flexibility index (Phi) is 2.52. The molecule has 3 nitrogen and oxygen atoms in total. The summed E-state index contributed by atoms with van der Waals surface area (Å²) in [6.45, 7) is 4.18. The average molecular weight is 241 g/mol. The first-order valence-corrected chi connectivity index (χ1v) is 6.47. The minimum Gasteiger partial charge on any atom is -0.324 e. The van der Waals surface area contributed by atoms with Crippen molar-refractivity contribution in [3.8, 4) is 11.1 Å². The molecule has 1 heterocycles. The molecule has 0 unspecified atom stereocenters. The second kappa shape index (κ2) is 3.95. The van der Waals surface area contributed by atoms with E-state index in [0.717, 1.165) is 18.5 Å². The number of nitrogens with zero attached hydrogens (tertiary/aromatic N) is 2. The van der Waals surface area contributed by atoms with Crippen LogP contribution in [-0.2, 0) is 13.5 Å². The van der Waals surface area contributed by atoms with Crippen molar-refractivity contribution >= 4 is 0 Å². The molecule has 1 atom stereocenters. The van der Waals surface area contributed by atoms with Crippen LogP contribution in [0.25, 0.3) is 11.1 Å². The van der Waals surface area contributed by atoms with Crippen LogP contribution in [0.2, 0.25) is 0 Å². The lowest BCUT2D eigenvalue weighted by Crippen LogP contribution is -2.05. The summed E-state index contributed by atoms with van der Waals surface area (Å²) in [5, 5.41) is 4.48. The maximum Gasteiger partial charge on any atom is 0.0674 e. The molecule has 0 saturated heterocycles. The van der Waals surface area contributed by atoms with Gasteiger partial charge in [-0.3, -0.25) is 4.68 Å². The standard InChI is InChI=1S/C15H19N3/c1-9-15(10(2)18(3)17-9)12-5-4-11-6-7-14(16)13(11)8-12/h4-5,8,14H,6-7,16H2,1-3H3/t14-/m0/s1. The van der Waals surface area contributed by atoms with E-state index in [9.17, 15) is 0 Å². The van der Waals surface area contributed by atoms with Gasteiger partial charge >= 0.3 is 0 Å². The summed E-state index contributed by atoms with van der Waals surface area (Å²) in [5.74, 6) is 0. The molecule has 0 amide bonds. The molecule has 0 bridgehead atoms. The van der Waals surface area contributed by atoms with Crippen molar-refractivity contribution in [2.75, 3.05) is 0 Å². The average Bonchev–Trinajstić information content (AvgIpc) is 2.82. The lowest BCUT2D eigenvalue weighted by molar-refractivity contribution is 0.713. The molecular weight excluding hydrogens is 222 g/mol. The van der Waals surface area contributed by atoms with Gasteiger partial charge in [-0.15, -0.1) is 0 Å². The van der Waals surface area contributed by atoms with Gasteiger partial charge in [0.05, 0.1) is 5.69 Å². The van der Waals surface area contributed by atoms with E-state index in [-0.39, 0.29) is 6.04 Å². The van der Waals surface area contributed by atoms with Crippen LogP contribution >= 0.6 is 0 Å². The van der Waals surface area contributed by atoms with Crippen molar-refractivity contribution in [2.24, 2.45) is 12.8 Å². The molecular formula is C15H19N3. The van der Waals surface area contributed by atoms with Crippen molar-refractivity contribution in [3.63, 3.8) is 0 Å². The second-order valence-corrected chi connectivity index (χ2v) is 5.23. The van der Waals surface area contributed by atoms with E-state index in [1.807, 2.05) is 11.7 Å². The van der Waals surface area contributed by atoms with Crippen LogP contribution in [-0.4, -0.2) is 9.78 Å². The third-order valence-corrected chi connectivity index (χ3v) is 4.07. The molecule has 0 spiro atoms. The third kappa shape index (κ3) is 1.58. The fourth-order valence-electron chi connectivity index (χ4n) is 2.98. The van der Waals surface area contributed by atoms with Crippen LogP contribution in [0.3, 0.4) is 0 Å². The highest BCUT2D eigenvalue weighted by atomic mass is 15.3. The number of hydrogen-bond acceptors (Lipinski definition) is 2. The number of benzene rings is 1. The minimum absolute atomic E-state index is 0.206. The van der Waals surface area contributed by atoms with Gasteiger partial charge in [0.15, 0.2) is 0 Å². The molecule has 1 aromatic carbocycles. The van der Waals surface area contributed by atoms with E-state index in [0.29, 0.717) is 0 Å². The first-order chi connectivity index (χ1) is 8.58. The highest BCUT2D eigenvalue weighted by molar-refractivity contribution is 5.70. The summed E-state index contributed by atoms with van der Waals surface area (Å²) in [7, 11) is 1.99. The summed E-state index contributed by atoms with van der Waals surface area (Å²) in [6, 6.07) is 6.89. The molecule has 94 valence electrons. The SMILES string of the molecule is Cc1nn(C)c(C)c1-c1ccc2c(c1)[C@@H](N)CC2. The van der Waals surface area contributed by atoms with Gasteiger partial charge in [0, 0.05) is 24.3 Å². The quantitative estimate of drug-likeness (QED) is 0.834. The van der Waals surface area contributed by atoms with Crippen LogP contribution in [0.5, 0.6) is 0 Å². The van der Waals surface area contributed by atoms with Crippen LogP contribution in [0.1, 0.15) is 35.0 Å². The van der Waals surface area contributed by atoms with Crippen molar-refractivity contribution < 1.29 is 0 Å². The molecule has 0 radical (unpaired) electrons. The van der Waals surface area contributed by atoms with E-state index in [1.165, 1.54) is 27.9 Å². The summed E-state index contributed by atoms with van der Waals surface area (Å²) in [4.78, 5) is 0. The van der Waals surface area contributed by atoms with E-state index < -0.39 is 0 Å². The zero-order valence-electron chi connectivity index (χ0n) is 11.2. The van der Waals surface area contributed by atoms with Crippen molar-refractivity contribution in [1.82, 2.24) is 9.78 Å². The zero-order chi connectivity index (χ0) is 12.9. The Morgan fingerprint density at radius 1 is 1.33 bits per heavy atom. The molecule has 2 aromatic rings. The van der Waals surface area contributed by atoms with E-state index in [4.69, 9.17) is 5.73 Å². The third-order valence-electron chi connectivity index (χ3n) is 4.07. The molecule has 1 aliphatic rings. The first-order valence-electron chi connectivity index (χ1n) is 6.47. The monoisotopic (exact) mass is 241 g/mol. The Morgan fingerprint density at radius 2 is 2.11 bits per heavy atom. The molecule has 1 aliphatic carbocycles. The van der Waals surface area contributed by atoms with Gasteiger partial charge in [0.2, 0.25) is 0 Å². The topological polar surface area (TPSA) is 43.8 Å². The molecule has 0 saturated carbocycles. The van der Waals surface area contributed by atoms with Gasteiger partial charge in [0.1, 0.15) is 0 Å². The fraction of sp³-hybridized carbons (Fsp3) is 0.400. The Bertz CT molecular complexity index is 610. The largest absolute Gasteiger partial charge is 0.324 e. The van der Waals surface area contributed by atoms with Crippen LogP contribution in [0.4, 0.5) is 0 Å². The van der Waals surface area contributed by atoms with Gasteiger partial charge in [-0.05, 0) is 49.4 Å². The van der Waals surface area contributed by atoms with Crippen molar-refractivity contribution in [3.05, 3.63) is 40.7 Å². The van der Waals surface area contributed by atoms with Crippen molar-refractivity contribution in [2.45, 2.75) is 32.7 Å². The number of rotatable bonds is 1. The minimum atomic E-state index is 0.206. The van der Waals surface area contributed by atoms with Crippen LogP contribution in [0, 0.1) is 13.8 Å². The van der Waals surface area contributed by atoms with E-state index in [1.54, 1.807) is 0 Å². The number of aryl methyl sites for hydroxylation is 3. The van der Waals surface area contributed by atoms with Gasteiger partial charge in [-0.2, -0.15) is 5.10 Å². The Labute approximate surface area is 108 Å². The maximum absolute atomic E-state index is 6.15. The summed E-state index contributed by atoms with van der Waals surface area (Å²) in [6.07, 6.45) is 2.19. The molecule has 3 rings (SSSR count). The molecule has 0 aliphatic heterocycles. The Hall–Kier alpha value is -1.61. The molecule has 2 N–H and O–H groups in total. The highest BCUT2D eigenvalue weighted by Crippen LogP contribution is 2.34. The molecule has 18 heavy (non-hydrogen) atoms. The summed E-state index contributed by atoms with van der Waals surface area (Å²) in [5.41, 5.74) is 13.7. The smallest absolute Gasteiger partial charge is 0.0674 e. The molecule has 1 aromatic heterocycles. The summed E-state index contributed by atoms with van der Waals surface area (Å²) >= 11 is 0. The van der Waals surface area contributed by atoms with Crippen molar-refractivity contribution in [1.29, 1.82) is 0 Å².